The molecule has 0 bridgehead atoms. The van der Waals surface area contributed by atoms with Crippen LogP contribution in [0.25, 0.3) is 0 Å². The van der Waals surface area contributed by atoms with Crippen molar-refractivity contribution >= 4 is 23.7 Å². The van der Waals surface area contributed by atoms with Crippen molar-refractivity contribution < 1.29 is 9.53 Å². The number of carbonyl (C=O) groups excluding carboxylic acids is 1. The second kappa shape index (κ2) is 7.61. The molecule has 2 aromatic rings. The van der Waals surface area contributed by atoms with Crippen LogP contribution in [0, 0.1) is 6.92 Å². The van der Waals surface area contributed by atoms with Crippen LogP contribution in [0.2, 0.25) is 5.02 Å². The third-order valence-corrected chi connectivity index (χ3v) is 3.39. The first-order valence-electron chi connectivity index (χ1n) is 6.87. The number of hydrazone groups is 1. The van der Waals surface area contributed by atoms with E-state index in [1.807, 2.05) is 49.4 Å². The first-order valence-corrected chi connectivity index (χ1v) is 7.25. The van der Waals surface area contributed by atoms with Gasteiger partial charge < -0.3 is 4.74 Å². The van der Waals surface area contributed by atoms with Gasteiger partial charge in [-0.05, 0) is 31.5 Å². The van der Waals surface area contributed by atoms with E-state index in [0.29, 0.717) is 10.8 Å². The lowest BCUT2D eigenvalue weighted by Gasteiger charge is -2.14. The van der Waals surface area contributed by atoms with Crippen molar-refractivity contribution in [2.24, 2.45) is 5.10 Å². The Kier molecular flexibility index (Phi) is 5.55. The van der Waals surface area contributed by atoms with Crippen LogP contribution < -0.4 is 10.2 Å². The van der Waals surface area contributed by atoms with Crippen molar-refractivity contribution in [1.29, 1.82) is 0 Å². The summed E-state index contributed by atoms with van der Waals surface area (Å²) < 4.78 is 5.62. The minimum atomic E-state index is -0.649. The number of hydrogen-bond acceptors (Lipinski definition) is 3. The fourth-order valence-electron chi connectivity index (χ4n) is 1.77. The average Bonchev–Trinajstić information content (AvgIpc) is 2.51. The Morgan fingerprint density at radius 3 is 2.64 bits per heavy atom. The van der Waals surface area contributed by atoms with Gasteiger partial charge >= 0.3 is 0 Å². The zero-order valence-corrected chi connectivity index (χ0v) is 13.2. The van der Waals surface area contributed by atoms with Gasteiger partial charge in [0.05, 0.1) is 6.21 Å². The SMILES string of the molecule is Cc1ccccc1OC(C)C(=O)N/N=C/c1ccccc1Cl. The molecule has 0 aromatic heterocycles. The molecule has 1 amide bonds. The van der Waals surface area contributed by atoms with Crippen molar-refractivity contribution in [2.75, 3.05) is 0 Å². The third-order valence-electron chi connectivity index (χ3n) is 3.05. The molecule has 1 unspecified atom stereocenters. The van der Waals surface area contributed by atoms with Crippen molar-refractivity contribution in [2.45, 2.75) is 20.0 Å². The van der Waals surface area contributed by atoms with Crippen LogP contribution in [-0.2, 0) is 4.79 Å². The molecule has 0 aliphatic heterocycles. The second-order valence-electron chi connectivity index (χ2n) is 4.78. The highest BCUT2D eigenvalue weighted by atomic mass is 35.5. The summed E-state index contributed by atoms with van der Waals surface area (Å²) >= 11 is 6.00. The van der Waals surface area contributed by atoms with Crippen LogP contribution in [0.5, 0.6) is 5.75 Å². The number of amides is 1. The molecule has 0 aliphatic rings. The first-order chi connectivity index (χ1) is 10.6. The van der Waals surface area contributed by atoms with Gasteiger partial charge in [-0.15, -0.1) is 0 Å². The van der Waals surface area contributed by atoms with Crippen LogP contribution in [0.15, 0.2) is 53.6 Å². The van der Waals surface area contributed by atoms with Gasteiger partial charge in [0.25, 0.3) is 5.91 Å². The van der Waals surface area contributed by atoms with E-state index in [-0.39, 0.29) is 5.91 Å². The zero-order valence-electron chi connectivity index (χ0n) is 12.4. The van der Waals surface area contributed by atoms with Gasteiger partial charge in [0.2, 0.25) is 0 Å². The minimum Gasteiger partial charge on any atom is -0.481 e. The van der Waals surface area contributed by atoms with Crippen molar-refractivity contribution in [3.05, 3.63) is 64.7 Å². The van der Waals surface area contributed by atoms with Crippen LogP contribution in [0.1, 0.15) is 18.1 Å². The normalized spacial score (nSPS) is 12.1. The Bertz CT molecular complexity index is 686. The summed E-state index contributed by atoms with van der Waals surface area (Å²) in [5, 5.41) is 4.47. The lowest BCUT2D eigenvalue weighted by atomic mass is 10.2. The lowest BCUT2D eigenvalue weighted by Crippen LogP contribution is -2.33. The molecule has 5 heteroatoms. The number of nitrogens with one attached hydrogen (secondary N) is 1. The van der Waals surface area contributed by atoms with E-state index in [9.17, 15) is 4.79 Å². The summed E-state index contributed by atoms with van der Waals surface area (Å²) in [5.41, 5.74) is 4.15. The van der Waals surface area contributed by atoms with Gasteiger partial charge in [0.15, 0.2) is 6.10 Å². The Morgan fingerprint density at radius 1 is 1.23 bits per heavy atom. The maximum atomic E-state index is 12.0. The van der Waals surface area contributed by atoms with Crippen LogP contribution in [0.4, 0.5) is 0 Å². The van der Waals surface area contributed by atoms with Crippen LogP contribution in [-0.4, -0.2) is 18.2 Å². The third kappa shape index (κ3) is 4.33. The number of nitrogens with zero attached hydrogens (tertiary/aromatic N) is 1. The van der Waals surface area contributed by atoms with Crippen LogP contribution >= 0.6 is 11.6 Å². The molecule has 114 valence electrons. The number of para-hydroxylation sites is 1. The highest BCUT2D eigenvalue weighted by molar-refractivity contribution is 6.33. The smallest absolute Gasteiger partial charge is 0.280 e. The molecular formula is C17H17ClN2O2. The van der Waals surface area contributed by atoms with Crippen molar-refractivity contribution in [1.82, 2.24) is 5.43 Å². The number of carbonyl (C=O) groups is 1. The summed E-state index contributed by atoms with van der Waals surface area (Å²) in [6.45, 7) is 3.60. The molecule has 4 nitrogen and oxygen atoms in total. The molecule has 0 fully saturated rings. The minimum absolute atomic E-state index is 0.327. The van der Waals surface area contributed by atoms with E-state index < -0.39 is 6.10 Å². The van der Waals surface area contributed by atoms with Gasteiger partial charge in [-0.25, -0.2) is 5.43 Å². The summed E-state index contributed by atoms with van der Waals surface area (Å²) in [6, 6.07) is 14.8. The first kappa shape index (κ1) is 16.0. The molecule has 0 radical (unpaired) electrons. The second-order valence-corrected chi connectivity index (χ2v) is 5.19. The van der Waals surface area contributed by atoms with E-state index in [1.54, 1.807) is 13.0 Å². The molecule has 1 N–H and O–H groups in total. The fraction of sp³-hybridized carbons (Fsp3) is 0.176. The number of ether oxygens (including phenoxy) is 1. The maximum Gasteiger partial charge on any atom is 0.280 e. The molecule has 2 rings (SSSR count). The van der Waals surface area contributed by atoms with Crippen molar-refractivity contribution in [3.8, 4) is 5.75 Å². The Hall–Kier alpha value is -2.33. The predicted octanol–water partition coefficient (Wildman–Crippen LogP) is 3.57. The summed E-state index contributed by atoms with van der Waals surface area (Å²) in [4.78, 5) is 12.0. The van der Waals surface area contributed by atoms with Gasteiger partial charge in [-0.3, -0.25) is 4.79 Å². The molecule has 0 spiro atoms. The van der Waals surface area contributed by atoms with Gasteiger partial charge in [-0.2, -0.15) is 5.10 Å². The summed E-state index contributed by atoms with van der Waals surface area (Å²) in [7, 11) is 0. The Labute approximate surface area is 134 Å². The molecule has 0 saturated heterocycles. The van der Waals surface area contributed by atoms with E-state index in [0.717, 1.165) is 11.1 Å². The highest BCUT2D eigenvalue weighted by Crippen LogP contribution is 2.17. The van der Waals surface area contributed by atoms with E-state index in [1.165, 1.54) is 6.21 Å². The molecule has 0 heterocycles. The number of rotatable bonds is 5. The lowest BCUT2D eigenvalue weighted by molar-refractivity contribution is -0.127. The number of hydrogen-bond donors (Lipinski definition) is 1. The van der Waals surface area contributed by atoms with E-state index in [2.05, 4.69) is 10.5 Å². The fourth-order valence-corrected chi connectivity index (χ4v) is 1.95. The largest absolute Gasteiger partial charge is 0.481 e. The topological polar surface area (TPSA) is 50.7 Å². The quantitative estimate of drug-likeness (QED) is 0.677. The number of benzene rings is 2. The molecule has 0 aliphatic carbocycles. The summed E-state index contributed by atoms with van der Waals surface area (Å²) in [5.74, 6) is 0.354. The Morgan fingerprint density at radius 2 is 1.91 bits per heavy atom. The standard InChI is InChI=1S/C17H17ClN2O2/c1-12-7-3-6-10-16(12)22-13(2)17(21)20-19-11-14-8-4-5-9-15(14)18/h3-11,13H,1-2H3,(H,20,21)/b19-11+. The van der Waals surface area contributed by atoms with Gasteiger partial charge in [0.1, 0.15) is 5.75 Å². The van der Waals surface area contributed by atoms with E-state index in [4.69, 9.17) is 16.3 Å². The number of aryl methyl sites for hydroxylation is 1. The predicted molar refractivity (Wildman–Crippen MR) is 88.5 cm³/mol. The number of halogens is 1. The average molecular weight is 317 g/mol. The monoisotopic (exact) mass is 316 g/mol. The maximum absolute atomic E-state index is 12.0. The van der Waals surface area contributed by atoms with E-state index >= 15 is 0 Å². The molecule has 1 atom stereocenters. The Balaban J connectivity index is 1.92. The van der Waals surface area contributed by atoms with Gasteiger partial charge in [-0.1, -0.05) is 48.0 Å². The van der Waals surface area contributed by atoms with Crippen LogP contribution in [0.3, 0.4) is 0 Å². The molecular weight excluding hydrogens is 300 g/mol. The zero-order chi connectivity index (χ0) is 15.9. The molecule has 22 heavy (non-hydrogen) atoms. The highest BCUT2D eigenvalue weighted by Gasteiger charge is 2.14. The molecule has 2 aromatic carbocycles. The molecule has 0 saturated carbocycles. The summed E-state index contributed by atoms with van der Waals surface area (Å²) in [6.07, 6.45) is 0.852. The van der Waals surface area contributed by atoms with Crippen molar-refractivity contribution in [3.63, 3.8) is 0 Å². The van der Waals surface area contributed by atoms with Gasteiger partial charge in [0, 0.05) is 10.6 Å².